The number of amides is 1. The van der Waals surface area contributed by atoms with E-state index in [1.165, 1.54) is 17.1 Å². The summed E-state index contributed by atoms with van der Waals surface area (Å²) < 4.78 is 29.0. The van der Waals surface area contributed by atoms with E-state index < -0.39 is 17.7 Å². The highest BCUT2D eigenvalue weighted by atomic mass is 19.1. The molecule has 1 amide bonds. The normalized spacial score (nSPS) is 30.9. The van der Waals surface area contributed by atoms with Crippen LogP contribution in [0.25, 0.3) is 0 Å². The summed E-state index contributed by atoms with van der Waals surface area (Å²) in [6.07, 6.45) is 6.23. The number of aryl methyl sites for hydroxylation is 1. The zero-order valence-electron chi connectivity index (χ0n) is 14.9. The fourth-order valence-corrected chi connectivity index (χ4v) is 5.10. The summed E-state index contributed by atoms with van der Waals surface area (Å²) in [6.45, 7) is 2.62. The van der Waals surface area contributed by atoms with Gasteiger partial charge in [-0.05, 0) is 49.3 Å². The van der Waals surface area contributed by atoms with Gasteiger partial charge in [-0.25, -0.2) is 18.8 Å². The van der Waals surface area contributed by atoms with Crippen molar-refractivity contribution >= 4 is 12.1 Å². The molecule has 1 aromatic heterocycles. The molecule has 2 bridgehead atoms. The Balaban J connectivity index is 1.30. The average Bonchev–Trinajstić information content (AvgIpc) is 3.16. The van der Waals surface area contributed by atoms with Crippen LogP contribution in [0.1, 0.15) is 43.1 Å². The number of nitrogens with zero attached hydrogens (tertiary/aromatic N) is 5. The van der Waals surface area contributed by atoms with Gasteiger partial charge >= 0.3 is 0 Å². The van der Waals surface area contributed by atoms with Crippen LogP contribution in [0.15, 0.2) is 29.6 Å². The van der Waals surface area contributed by atoms with Gasteiger partial charge in [0.15, 0.2) is 0 Å². The minimum atomic E-state index is -0.642. The second-order valence-electron chi connectivity index (χ2n) is 8.20. The fourth-order valence-electron chi connectivity index (χ4n) is 5.10. The largest absolute Gasteiger partial charge is 0.272 e. The van der Waals surface area contributed by atoms with Crippen molar-refractivity contribution in [2.24, 2.45) is 15.9 Å². The predicted molar refractivity (Wildman–Crippen MR) is 92.5 cm³/mol. The first-order chi connectivity index (χ1) is 12.9. The highest BCUT2D eigenvalue weighted by Crippen LogP contribution is 2.74. The zero-order valence-corrected chi connectivity index (χ0v) is 14.9. The average molecular weight is 371 g/mol. The van der Waals surface area contributed by atoms with E-state index in [0.717, 1.165) is 37.7 Å². The maximum atomic E-state index is 13.6. The molecule has 2 heterocycles. The second-order valence-corrected chi connectivity index (χ2v) is 8.20. The molecule has 1 atom stereocenters. The van der Waals surface area contributed by atoms with Crippen LogP contribution in [0.4, 0.5) is 8.78 Å². The van der Waals surface area contributed by atoms with E-state index in [2.05, 4.69) is 15.2 Å². The van der Waals surface area contributed by atoms with Crippen LogP contribution in [-0.2, 0) is 11.3 Å². The smallest absolute Gasteiger partial charge is 0.249 e. The molecule has 0 radical (unpaired) electrons. The van der Waals surface area contributed by atoms with E-state index in [9.17, 15) is 13.6 Å². The molecular weight excluding hydrogens is 352 g/mol. The Hall–Kier alpha value is -2.64. The van der Waals surface area contributed by atoms with Crippen LogP contribution in [-0.4, -0.2) is 31.9 Å². The molecule has 1 aromatic carbocycles. The van der Waals surface area contributed by atoms with E-state index in [1.807, 2.05) is 11.6 Å². The van der Waals surface area contributed by atoms with Gasteiger partial charge in [-0.3, -0.25) is 9.48 Å². The molecule has 8 heteroatoms. The Morgan fingerprint density at radius 3 is 2.56 bits per heavy atom. The number of hydrazone groups is 1. The third kappa shape index (κ3) is 2.49. The van der Waals surface area contributed by atoms with Crippen molar-refractivity contribution in [1.29, 1.82) is 0 Å². The lowest BCUT2D eigenvalue weighted by molar-refractivity contribution is -0.223. The molecule has 6 nitrogen and oxygen atoms in total. The van der Waals surface area contributed by atoms with Gasteiger partial charge in [0.1, 0.15) is 23.8 Å². The number of carbonyl (C=O) groups excluding carboxylic acids is 1. The number of halogens is 2. The fraction of sp³-hybridized carbons (Fsp3) is 0.474. The molecule has 140 valence electrons. The lowest BCUT2D eigenvalue weighted by Crippen LogP contribution is -2.68. The maximum Gasteiger partial charge on any atom is 0.249 e. The van der Waals surface area contributed by atoms with Gasteiger partial charge in [-0.2, -0.15) is 10.2 Å². The van der Waals surface area contributed by atoms with Gasteiger partial charge < -0.3 is 0 Å². The van der Waals surface area contributed by atoms with Gasteiger partial charge in [0, 0.05) is 25.2 Å². The lowest BCUT2D eigenvalue weighted by Gasteiger charge is -2.69. The van der Waals surface area contributed by atoms with Crippen LogP contribution in [0.3, 0.4) is 0 Å². The predicted octanol–water partition coefficient (Wildman–Crippen LogP) is 2.99. The molecule has 2 aromatic rings. The van der Waals surface area contributed by atoms with E-state index in [0.29, 0.717) is 12.0 Å². The molecule has 3 aliphatic carbocycles. The van der Waals surface area contributed by atoms with Crippen LogP contribution in [0.2, 0.25) is 0 Å². The van der Waals surface area contributed by atoms with Gasteiger partial charge in [-0.15, -0.1) is 0 Å². The summed E-state index contributed by atoms with van der Waals surface area (Å²) in [6, 6.07) is 2.95. The molecule has 0 saturated heterocycles. The number of carbonyl (C=O) groups is 1. The lowest BCUT2D eigenvalue weighted by atomic mass is 9.34. The second kappa shape index (κ2) is 5.43. The van der Waals surface area contributed by atoms with Crippen LogP contribution in [0, 0.1) is 29.4 Å². The van der Waals surface area contributed by atoms with Gasteiger partial charge in [0.05, 0.1) is 11.5 Å². The summed E-state index contributed by atoms with van der Waals surface area (Å²) in [4.78, 5) is 17.3. The Bertz CT molecular complexity index is 929. The van der Waals surface area contributed by atoms with Crippen LogP contribution < -0.4 is 0 Å². The summed E-state index contributed by atoms with van der Waals surface area (Å²) >= 11 is 0. The highest BCUT2D eigenvalue weighted by molar-refractivity contribution is 5.88. The van der Waals surface area contributed by atoms with Gasteiger partial charge in [-0.1, -0.05) is 0 Å². The van der Waals surface area contributed by atoms with Crippen LogP contribution in [0.5, 0.6) is 0 Å². The summed E-state index contributed by atoms with van der Waals surface area (Å²) in [7, 11) is 0. The van der Waals surface area contributed by atoms with Crippen molar-refractivity contribution in [2.75, 3.05) is 0 Å². The van der Waals surface area contributed by atoms with E-state index >= 15 is 0 Å². The van der Waals surface area contributed by atoms with Crippen molar-refractivity contribution in [1.82, 2.24) is 19.8 Å². The number of hydrogen-bond donors (Lipinski definition) is 0. The van der Waals surface area contributed by atoms with E-state index in [-0.39, 0.29) is 16.7 Å². The quantitative estimate of drug-likeness (QED) is 0.830. The Morgan fingerprint density at radius 1 is 1.22 bits per heavy atom. The topological polar surface area (TPSA) is 63.4 Å². The first-order valence-electron chi connectivity index (χ1n) is 9.06. The zero-order chi connectivity index (χ0) is 18.8. The number of benzene rings is 1. The molecule has 1 aliphatic heterocycles. The molecule has 3 fully saturated rings. The van der Waals surface area contributed by atoms with E-state index in [1.54, 1.807) is 12.5 Å². The Labute approximate surface area is 154 Å². The monoisotopic (exact) mass is 371 g/mol. The summed E-state index contributed by atoms with van der Waals surface area (Å²) in [5.41, 5.74) is 0.166. The molecule has 27 heavy (non-hydrogen) atoms. The molecule has 0 spiro atoms. The highest BCUT2D eigenvalue weighted by Gasteiger charge is 2.72. The molecular formula is C19H19F2N5O. The van der Waals surface area contributed by atoms with Crippen molar-refractivity contribution < 1.29 is 13.6 Å². The van der Waals surface area contributed by atoms with Crippen molar-refractivity contribution in [2.45, 2.75) is 45.2 Å². The SMILES string of the molecule is Cc1ncn(CC23CC(C(=O)N4N=CCC4c4cc(F)cc(F)c4)(C2)C3)n1. The van der Waals surface area contributed by atoms with E-state index in [4.69, 9.17) is 0 Å². The number of aromatic nitrogens is 3. The molecule has 3 saturated carbocycles. The first kappa shape index (κ1) is 16.5. The molecule has 6 rings (SSSR count). The third-order valence-corrected chi connectivity index (χ3v) is 6.05. The number of rotatable bonds is 4. The minimum Gasteiger partial charge on any atom is -0.272 e. The number of hydrogen-bond acceptors (Lipinski definition) is 4. The van der Waals surface area contributed by atoms with Crippen molar-refractivity contribution in [3.05, 3.63) is 47.5 Å². The Kier molecular flexibility index (Phi) is 3.33. The summed E-state index contributed by atoms with van der Waals surface area (Å²) in [5, 5.41) is 9.98. The van der Waals surface area contributed by atoms with Crippen molar-refractivity contribution in [3.63, 3.8) is 0 Å². The van der Waals surface area contributed by atoms with Gasteiger partial charge in [0.2, 0.25) is 5.91 Å². The van der Waals surface area contributed by atoms with Crippen molar-refractivity contribution in [3.8, 4) is 0 Å². The van der Waals surface area contributed by atoms with Crippen LogP contribution >= 0.6 is 0 Å². The maximum absolute atomic E-state index is 13.6. The third-order valence-electron chi connectivity index (χ3n) is 6.05. The molecule has 4 aliphatic rings. The van der Waals surface area contributed by atoms with Gasteiger partial charge in [0.25, 0.3) is 0 Å². The standard InChI is InChI=1S/C19H19F2N5O/c1-12-22-11-25(24-12)10-18-7-19(8-18,9-18)17(27)26-16(2-3-23-26)13-4-14(20)6-15(21)5-13/h3-6,11,16H,2,7-10H2,1H3. The Morgan fingerprint density at radius 2 is 1.93 bits per heavy atom. The summed E-state index contributed by atoms with van der Waals surface area (Å²) in [5.74, 6) is -0.583. The minimum absolute atomic E-state index is 0.0393. The first-order valence-corrected chi connectivity index (χ1v) is 9.06. The molecule has 1 unspecified atom stereocenters. The molecule has 0 N–H and O–H groups in total.